The molecule has 0 aromatic heterocycles. The lowest BCUT2D eigenvalue weighted by molar-refractivity contribution is -0.162. The van der Waals surface area contributed by atoms with Crippen LogP contribution in [0.25, 0.3) is 0 Å². The summed E-state index contributed by atoms with van der Waals surface area (Å²) in [7, 11) is 0. The van der Waals surface area contributed by atoms with Crippen LogP contribution in [0.3, 0.4) is 0 Å². The monoisotopic (exact) mass is 259 g/mol. The van der Waals surface area contributed by atoms with E-state index in [2.05, 4.69) is 10.1 Å². The van der Waals surface area contributed by atoms with Gasteiger partial charge in [0.05, 0.1) is 0 Å². The number of primary amides is 1. The van der Waals surface area contributed by atoms with E-state index in [0.717, 1.165) is 0 Å². The molecule has 5 N–H and O–H groups in total. The Bertz CT molecular complexity index is 353. The van der Waals surface area contributed by atoms with Gasteiger partial charge in [0, 0.05) is 13.3 Å². The molecule has 0 aliphatic rings. The molecule has 0 aliphatic heterocycles. The highest BCUT2D eigenvalue weighted by Crippen LogP contribution is 2.01. The van der Waals surface area contributed by atoms with Crippen molar-refractivity contribution in [1.82, 2.24) is 5.32 Å². The Labute approximate surface area is 104 Å². The third-order valence-electron chi connectivity index (χ3n) is 1.91. The molecule has 102 valence electrons. The molecule has 0 fully saturated rings. The minimum absolute atomic E-state index is 0.0417. The topological polar surface area (TPSA) is 142 Å². The molecule has 0 bridgehead atoms. The molecule has 2 amide bonds. The quantitative estimate of drug-likeness (QED) is 0.378. The molecule has 0 unspecified atom stereocenters. The Morgan fingerprint density at radius 3 is 2.17 bits per heavy atom. The Hall–Kier alpha value is -1.96. The first-order chi connectivity index (χ1) is 8.23. The van der Waals surface area contributed by atoms with E-state index in [1.807, 2.05) is 0 Å². The summed E-state index contributed by atoms with van der Waals surface area (Å²) in [6.45, 7) is 2.55. The van der Waals surface area contributed by atoms with Crippen LogP contribution in [0.15, 0.2) is 0 Å². The summed E-state index contributed by atoms with van der Waals surface area (Å²) in [6, 6.07) is -2.05. The van der Waals surface area contributed by atoms with E-state index in [1.54, 1.807) is 0 Å². The van der Waals surface area contributed by atoms with Gasteiger partial charge in [0.15, 0.2) is 0 Å². The van der Waals surface area contributed by atoms with Crippen molar-refractivity contribution in [3.8, 4) is 0 Å². The van der Waals surface area contributed by atoms with Crippen LogP contribution in [0.4, 0.5) is 0 Å². The smallest absolute Gasteiger partial charge is 0.336 e. The van der Waals surface area contributed by atoms with Gasteiger partial charge in [-0.3, -0.25) is 9.59 Å². The number of carbonyl (C=O) groups is 4. The molecule has 0 rings (SSSR count). The van der Waals surface area contributed by atoms with E-state index < -0.39 is 35.8 Å². The van der Waals surface area contributed by atoms with E-state index in [9.17, 15) is 19.2 Å². The van der Waals surface area contributed by atoms with E-state index in [0.29, 0.717) is 0 Å². The molecule has 0 spiro atoms. The van der Waals surface area contributed by atoms with Crippen LogP contribution < -0.4 is 16.8 Å². The van der Waals surface area contributed by atoms with Crippen molar-refractivity contribution in [3.05, 3.63) is 0 Å². The SMILES string of the molecule is CC(=O)N[C@@H](CCC(N)=O)C(=O)OC(=O)[C@H](C)N. The molecule has 0 aromatic carbocycles. The van der Waals surface area contributed by atoms with Gasteiger partial charge in [-0.05, 0) is 13.3 Å². The number of carbonyl (C=O) groups excluding carboxylic acids is 4. The van der Waals surface area contributed by atoms with Gasteiger partial charge >= 0.3 is 11.9 Å². The average molecular weight is 259 g/mol. The normalized spacial score (nSPS) is 13.3. The van der Waals surface area contributed by atoms with Gasteiger partial charge in [-0.25, -0.2) is 9.59 Å². The number of nitrogens with two attached hydrogens (primary N) is 2. The van der Waals surface area contributed by atoms with Gasteiger partial charge in [-0.1, -0.05) is 0 Å². The van der Waals surface area contributed by atoms with Gasteiger partial charge in [0.1, 0.15) is 12.1 Å². The predicted octanol–water partition coefficient (Wildman–Crippen LogP) is -1.83. The van der Waals surface area contributed by atoms with Crippen molar-refractivity contribution in [2.45, 2.75) is 38.8 Å². The van der Waals surface area contributed by atoms with Crippen LogP contribution in [0, 0.1) is 0 Å². The van der Waals surface area contributed by atoms with Crippen molar-refractivity contribution in [3.63, 3.8) is 0 Å². The minimum atomic E-state index is -1.10. The zero-order chi connectivity index (χ0) is 14.3. The highest BCUT2D eigenvalue weighted by molar-refractivity contribution is 5.92. The number of nitrogens with one attached hydrogen (secondary N) is 1. The summed E-state index contributed by atoms with van der Waals surface area (Å²) >= 11 is 0. The van der Waals surface area contributed by atoms with E-state index in [4.69, 9.17) is 11.5 Å². The fraction of sp³-hybridized carbons (Fsp3) is 0.600. The third kappa shape index (κ3) is 6.59. The second-order valence-corrected chi connectivity index (χ2v) is 3.79. The van der Waals surface area contributed by atoms with Crippen molar-refractivity contribution in [1.29, 1.82) is 0 Å². The molecule has 0 radical (unpaired) electrons. The van der Waals surface area contributed by atoms with Gasteiger partial charge < -0.3 is 21.5 Å². The van der Waals surface area contributed by atoms with Crippen LogP contribution >= 0.6 is 0 Å². The highest BCUT2D eigenvalue weighted by Gasteiger charge is 2.25. The number of hydrogen-bond donors (Lipinski definition) is 3. The fourth-order valence-corrected chi connectivity index (χ4v) is 1.04. The summed E-state index contributed by atoms with van der Waals surface area (Å²) in [5.41, 5.74) is 10.2. The Kier molecular flexibility index (Phi) is 6.58. The molecule has 8 nitrogen and oxygen atoms in total. The third-order valence-corrected chi connectivity index (χ3v) is 1.91. The number of esters is 2. The second-order valence-electron chi connectivity index (χ2n) is 3.79. The molecule has 8 heteroatoms. The van der Waals surface area contributed by atoms with Gasteiger partial charge in [-0.15, -0.1) is 0 Å². The molecule has 0 heterocycles. The molecular formula is C10H17N3O5. The Balaban J connectivity index is 4.53. The van der Waals surface area contributed by atoms with Crippen molar-refractivity contribution >= 4 is 23.8 Å². The average Bonchev–Trinajstić information content (AvgIpc) is 2.22. The lowest BCUT2D eigenvalue weighted by Crippen LogP contribution is -2.43. The zero-order valence-corrected chi connectivity index (χ0v) is 10.3. The van der Waals surface area contributed by atoms with Crippen LogP contribution in [0.5, 0.6) is 0 Å². The largest absolute Gasteiger partial charge is 0.390 e. The fourth-order valence-electron chi connectivity index (χ4n) is 1.04. The van der Waals surface area contributed by atoms with Crippen molar-refractivity contribution in [2.24, 2.45) is 11.5 Å². The van der Waals surface area contributed by atoms with Crippen molar-refractivity contribution in [2.75, 3.05) is 0 Å². The maximum absolute atomic E-state index is 11.5. The van der Waals surface area contributed by atoms with Crippen LogP contribution in [-0.2, 0) is 23.9 Å². The maximum atomic E-state index is 11.5. The summed E-state index contributed by atoms with van der Waals surface area (Å²) < 4.78 is 4.44. The first-order valence-electron chi connectivity index (χ1n) is 5.30. The highest BCUT2D eigenvalue weighted by atomic mass is 16.6. The molecule has 2 atom stereocenters. The summed E-state index contributed by atoms with van der Waals surface area (Å²) in [5, 5.41) is 2.27. The minimum Gasteiger partial charge on any atom is -0.390 e. The molecule has 0 aliphatic carbocycles. The summed E-state index contributed by atoms with van der Waals surface area (Å²) in [5.74, 6) is -2.99. The Morgan fingerprint density at radius 1 is 1.22 bits per heavy atom. The van der Waals surface area contributed by atoms with Crippen LogP contribution in [-0.4, -0.2) is 35.8 Å². The van der Waals surface area contributed by atoms with Gasteiger partial charge in [-0.2, -0.15) is 0 Å². The van der Waals surface area contributed by atoms with Gasteiger partial charge in [0.2, 0.25) is 11.8 Å². The van der Waals surface area contributed by atoms with Crippen LogP contribution in [0.2, 0.25) is 0 Å². The number of rotatable bonds is 6. The molecular weight excluding hydrogens is 242 g/mol. The van der Waals surface area contributed by atoms with Gasteiger partial charge in [0.25, 0.3) is 0 Å². The number of amides is 2. The van der Waals surface area contributed by atoms with E-state index in [1.165, 1.54) is 13.8 Å². The lowest BCUT2D eigenvalue weighted by Gasteiger charge is -2.15. The lowest BCUT2D eigenvalue weighted by atomic mass is 10.1. The number of ether oxygens (including phenoxy) is 1. The first-order valence-corrected chi connectivity index (χ1v) is 5.30. The first kappa shape index (κ1) is 16.0. The molecule has 18 heavy (non-hydrogen) atoms. The standard InChI is InChI=1S/C10H17N3O5/c1-5(11)9(16)18-10(17)7(13-6(2)14)3-4-8(12)15/h5,7H,3-4,11H2,1-2H3,(H2,12,15)(H,13,14)/t5-,7-/m0/s1. The summed E-state index contributed by atoms with van der Waals surface area (Å²) in [6.07, 6.45) is -0.160. The van der Waals surface area contributed by atoms with Crippen molar-refractivity contribution < 1.29 is 23.9 Å². The predicted molar refractivity (Wildman–Crippen MR) is 60.8 cm³/mol. The number of hydrogen-bond acceptors (Lipinski definition) is 6. The zero-order valence-electron chi connectivity index (χ0n) is 10.3. The molecule has 0 saturated carbocycles. The molecule has 0 aromatic rings. The second kappa shape index (κ2) is 7.38. The Morgan fingerprint density at radius 2 is 1.78 bits per heavy atom. The van der Waals surface area contributed by atoms with Crippen LogP contribution in [0.1, 0.15) is 26.7 Å². The van der Waals surface area contributed by atoms with E-state index in [-0.39, 0.29) is 12.8 Å². The summed E-state index contributed by atoms with van der Waals surface area (Å²) in [4.78, 5) is 44.1. The van der Waals surface area contributed by atoms with E-state index >= 15 is 0 Å². The molecule has 0 saturated heterocycles. The maximum Gasteiger partial charge on any atom is 0.336 e.